The molecule has 5 nitrogen and oxygen atoms in total. The summed E-state index contributed by atoms with van der Waals surface area (Å²) in [7, 11) is -1.02. The number of carboxylic acids is 1. The van der Waals surface area contributed by atoms with Gasteiger partial charge < -0.3 is 10.4 Å². The molecule has 2 rings (SSSR count). The molecule has 0 radical (unpaired) electrons. The van der Waals surface area contributed by atoms with E-state index in [0.717, 1.165) is 23.3 Å². The van der Waals surface area contributed by atoms with E-state index < -0.39 is 28.5 Å². The topological polar surface area (TPSA) is 83.5 Å². The van der Waals surface area contributed by atoms with Crippen LogP contribution in [-0.4, -0.2) is 27.4 Å². The fourth-order valence-corrected chi connectivity index (χ4v) is 2.97. The molecule has 0 aliphatic carbocycles. The number of hydrogen-bond acceptors (Lipinski definition) is 3. The van der Waals surface area contributed by atoms with Gasteiger partial charge in [0, 0.05) is 28.5 Å². The Morgan fingerprint density at radius 3 is 2.54 bits per heavy atom. The standard InChI is InChI=1S/C17H16FNO4S/c1-10-12(9-24(2)23)4-3-5-15(10)19-16(20)13-7-6-11(17(21)22)8-14(13)18/h3-8H,9H2,1-2H3,(H,19,20)(H,21,22). The van der Waals surface area contributed by atoms with Crippen LogP contribution in [0, 0.1) is 12.7 Å². The predicted molar refractivity (Wildman–Crippen MR) is 90.3 cm³/mol. The Morgan fingerprint density at radius 1 is 1.25 bits per heavy atom. The summed E-state index contributed by atoms with van der Waals surface area (Å²) < 4.78 is 25.3. The summed E-state index contributed by atoms with van der Waals surface area (Å²) in [6, 6.07) is 8.31. The highest BCUT2D eigenvalue weighted by molar-refractivity contribution is 7.83. The van der Waals surface area contributed by atoms with Crippen LogP contribution in [0.4, 0.5) is 10.1 Å². The number of hydrogen-bond donors (Lipinski definition) is 2. The van der Waals surface area contributed by atoms with Crippen molar-refractivity contribution >= 4 is 28.4 Å². The Hall–Kier alpha value is -2.54. The minimum Gasteiger partial charge on any atom is -0.478 e. The highest BCUT2D eigenvalue weighted by Gasteiger charge is 2.16. The monoisotopic (exact) mass is 349 g/mol. The zero-order valence-electron chi connectivity index (χ0n) is 13.1. The summed E-state index contributed by atoms with van der Waals surface area (Å²) in [5.41, 5.74) is 1.60. The molecule has 0 saturated carbocycles. The SMILES string of the molecule is Cc1c(CS(C)=O)cccc1NC(=O)c1ccc(C(=O)O)cc1F. The number of aromatic carboxylic acids is 1. The predicted octanol–water partition coefficient (Wildman–Crippen LogP) is 2.96. The lowest BCUT2D eigenvalue weighted by Gasteiger charge is -2.12. The Kier molecular flexibility index (Phi) is 5.46. The van der Waals surface area contributed by atoms with Crippen LogP contribution in [0.1, 0.15) is 31.8 Å². The highest BCUT2D eigenvalue weighted by Crippen LogP contribution is 2.21. The molecule has 0 aromatic heterocycles. The van der Waals surface area contributed by atoms with E-state index in [2.05, 4.69) is 5.32 Å². The molecule has 2 aromatic rings. The molecule has 0 aliphatic heterocycles. The highest BCUT2D eigenvalue weighted by atomic mass is 32.2. The quantitative estimate of drug-likeness (QED) is 0.869. The number of rotatable bonds is 5. The van der Waals surface area contributed by atoms with Crippen LogP contribution in [0.15, 0.2) is 36.4 Å². The van der Waals surface area contributed by atoms with Gasteiger partial charge in [-0.05, 0) is 42.3 Å². The van der Waals surface area contributed by atoms with Crippen molar-refractivity contribution in [2.45, 2.75) is 12.7 Å². The number of carbonyl (C=O) groups is 2. The summed E-state index contributed by atoms with van der Waals surface area (Å²) in [5.74, 6) is -2.49. The summed E-state index contributed by atoms with van der Waals surface area (Å²) in [5, 5.41) is 11.4. The number of halogens is 1. The molecule has 2 aromatic carbocycles. The molecule has 126 valence electrons. The van der Waals surface area contributed by atoms with Crippen LogP contribution in [0.5, 0.6) is 0 Å². The van der Waals surface area contributed by atoms with E-state index in [0.29, 0.717) is 11.4 Å². The maximum Gasteiger partial charge on any atom is 0.335 e. The van der Waals surface area contributed by atoms with Crippen molar-refractivity contribution in [3.8, 4) is 0 Å². The van der Waals surface area contributed by atoms with E-state index in [9.17, 15) is 18.2 Å². The molecular formula is C17H16FNO4S. The van der Waals surface area contributed by atoms with Crippen LogP contribution in [0.3, 0.4) is 0 Å². The average molecular weight is 349 g/mol. The zero-order valence-corrected chi connectivity index (χ0v) is 13.9. The van der Waals surface area contributed by atoms with Crippen molar-refractivity contribution < 1.29 is 23.3 Å². The Bertz CT molecular complexity index is 835. The molecule has 1 atom stereocenters. The zero-order chi connectivity index (χ0) is 17.9. The van der Waals surface area contributed by atoms with Crippen molar-refractivity contribution in [2.75, 3.05) is 11.6 Å². The van der Waals surface area contributed by atoms with Gasteiger partial charge >= 0.3 is 5.97 Å². The molecule has 2 N–H and O–H groups in total. The minimum atomic E-state index is -1.27. The van der Waals surface area contributed by atoms with Crippen molar-refractivity contribution in [1.29, 1.82) is 0 Å². The molecule has 0 spiro atoms. The first-order valence-electron chi connectivity index (χ1n) is 7.02. The summed E-state index contributed by atoms with van der Waals surface area (Å²) >= 11 is 0. The van der Waals surface area contributed by atoms with Crippen LogP contribution in [0.25, 0.3) is 0 Å². The van der Waals surface area contributed by atoms with E-state index >= 15 is 0 Å². The van der Waals surface area contributed by atoms with Crippen molar-refractivity contribution in [1.82, 2.24) is 0 Å². The minimum absolute atomic E-state index is 0.229. The van der Waals surface area contributed by atoms with Gasteiger partial charge in [-0.15, -0.1) is 0 Å². The van der Waals surface area contributed by atoms with E-state index in [4.69, 9.17) is 5.11 Å². The molecule has 0 bridgehead atoms. The average Bonchev–Trinajstić information content (AvgIpc) is 2.50. The Labute approximate surface area is 141 Å². The molecule has 24 heavy (non-hydrogen) atoms. The van der Waals surface area contributed by atoms with Crippen molar-refractivity contribution in [3.05, 3.63) is 64.5 Å². The lowest BCUT2D eigenvalue weighted by atomic mass is 10.1. The smallest absolute Gasteiger partial charge is 0.335 e. The van der Waals surface area contributed by atoms with Crippen LogP contribution in [-0.2, 0) is 16.6 Å². The number of carboxylic acid groups (broad SMARTS) is 1. The second-order valence-corrected chi connectivity index (χ2v) is 6.70. The third kappa shape index (κ3) is 4.05. The fourth-order valence-electron chi connectivity index (χ4n) is 2.22. The van der Waals surface area contributed by atoms with Crippen LogP contribution < -0.4 is 5.32 Å². The van der Waals surface area contributed by atoms with E-state index in [1.165, 1.54) is 6.07 Å². The number of anilines is 1. The van der Waals surface area contributed by atoms with Gasteiger partial charge in [-0.1, -0.05) is 12.1 Å². The number of nitrogens with one attached hydrogen (secondary N) is 1. The lowest BCUT2D eigenvalue weighted by Crippen LogP contribution is -2.15. The third-order valence-electron chi connectivity index (χ3n) is 3.51. The first kappa shape index (κ1) is 17.8. The second-order valence-electron chi connectivity index (χ2n) is 5.26. The molecule has 7 heteroatoms. The van der Waals surface area contributed by atoms with E-state index in [1.807, 2.05) is 6.07 Å². The first-order chi connectivity index (χ1) is 11.3. The number of benzene rings is 2. The number of amides is 1. The summed E-state index contributed by atoms with van der Waals surface area (Å²) in [4.78, 5) is 23.0. The van der Waals surface area contributed by atoms with Gasteiger partial charge in [-0.2, -0.15) is 0 Å². The lowest BCUT2D eigenvalue weighted by molar-refractivity contribution is 0.0695. The summed E-state index contributed by atoms with van der Waals surface area (Å²) in [6.45, 7) is 1.78. The molecule has 1 amide bonds. The summed E-state index contributed by atoms with van der Waals surface area (Å²) in [6.07, 6.45) is 1.59. The van der Waals surface area contributed by atoms with Gasteiger partial charge in [-0.3, -0.25) is 9.00 Å². The molecule has 0 aliphatic rings. The molecule has 0 heterocycles. The van der Waals surface area contributed by atoms with E-state index in [-0.39, 0.29) is 11.1 Å². The first-order valence-corrected chi connectivity index (χ1v) is 8.75. The molecular weight excluding hydrogens is 333 g/mol. The van der Waals surface area contributed by atoms with Gasteiger partial charge in [0.1, 0.15) is 5.82 Å². The maximum absolute atomic E-state index is 14.0. The molecule has 0 saturated heterocycles. The fraction of sp³-hybridized carbons (Fsp3) is 0.176. The third-order valence-corrected chi connectivity index (χ3v) is 4.23. The van der Waals surface area contributed by atoms with Crippen LogP contribution >= 0.6 is 0 Å². The number of carbonyl (C=O) groups excluding carboxylic acids is 1. The van der Waals surface area contributed by atoms with Gasteiger partial charge in [0.15, 0.2) is 0 Å². The van der Waals surface area contributed by atoms with Gasteiger partial charge in [0.05, 0.1) is 11.1 Å². The van der Waals surface area contributed by atoms with Gasteiger partial charge in [0.2, 0.25) is 0 Å². The van der Waals surface area contributed by atoms with Gasteiger partial charge in [-0.25, -0.2) is 9.18 Å². The molecule has 1 unspecified atom stereocenters. The van der Waals surface area contributed by atoms with Gasteiger partial charge in [0.25, 0.3) is 5.91 Å². The second kappa shape index (κ2) is 7.35. The van der Waals surface area contributed by atoms with Crippen molar-refractivity contribution in [2.24, 2.45) is 0 Å². The largest absolute Gasteiger partial charge is 0.478 e. The molecule has 0 fully saturated rings. The van der Waals surface area contributed by atoms with Crippen LogP contribution in [0.2, 0.25) is 0 Å². The maximum atomic E-state index is 14.0. The normalized spacial score (nSPS) is 11.8. The Morgan fingerprint density at radius 2 is 1.96 bits per heavy atom. The van der Waals surface area contributed by atoms with Crippen molar-refractivity contribution in [3.63, 3.8) is 0 Å². The van der Waals surface area contributed by atoms with E-state index in [1.54, 1.807) is 25.3 Å². The Balaban J connectivity index is 2.27.